The van der Waals surface area contributed by atoms with Crippen LogP contribution in [0.5, 0.6) is 0 Å². The number of halogens is 1. The molecule has 1 aliphatic rings. The van der Waals surface area contributed by atoms with Crippen LogP contribution in [0.15, 0.2) is 24.3 Å². The fourth-order valence-electron chi connectivity index (χ4n) is 2.93. The molecule has 3 amide bonds. The van der Waals surface area contributed by atoms with Crippen LogP contribution in [0.3, 0.4) is 0 Å². The van der Waals surface area contributed by atoms with Crippen molar-refractivity contribution in [2.75, 3.05) is 18.9 Å². The fraction of sp³-hybridized carbons (Fsp3) is 0.389. The van der Waals surface area contributed by atoms with Crippen molar-refractivity contribution in [3.8, 4) is 0 Å². The summed E-state index contributed by atoms with van der Waals surface area (Å²) in [7, 11) is 1.55. The van der Waals surface area contributed by atoms with E-state index in [4.69, 9.17) is 16.4 Å². The molecule has 0 unspecified atom stereocenters. The molecule has 0 radical (unpaired) electrons. The molecule has 144 valence electrons. The summed E-state index contributed by atoms with van der Waals surface area (Å²) in [5, 5.41) is 11.6. The molecule has 3 rings (SSSR count). The molecule has 9 heteroatoms. The summed E-state index contributed by atoms with van der Waals surface area (Å²) in [6.45, 7) is 4.49. The van der Waals surface area contributed by atoms with Gasteiger partial charge in [0.1, 0.15) is 0 Å². The topological polar surface area (TPSA) is 90.6 Å². The first-order chi connectivity index (χ1) is 12.8. The number of hydrogen-bond acceptors (Lipinski definition) is 4. The summed E-state index contributed by atoms with van der Waals surface area (Å²) in [6.07, 6.45) is 0.460. The van der Waals surface area contributed by atoms with Crippen molar-refractivity contribution in [2.45, 2.75) is 32.9 Å². The summed E-state index contributed by atoms with van der Waals surface area (Å²) >= 11 is 5.96. The van der Waals surface area contributed by atoms with Crippen molar-refractivity contribution in [1.29, 1.82) is 0 Å². The maximum absolute atomic E-state index is 12.6. The van der Waals surface area contributed by atoms with Crippen LogP contribution in [0.25, 0.3) is 0 Å². The molecular weight excluding hydrogens is 370 g/mol. The van der Waals surface area contributed by atoms with Crippen molar-refractivity contribution in [2.24, 2.45) is 0 Å². The van der Waals surface area contributed by atoms with Crippen LogP contribution in [-0.4, -0.2) is 51.8 Å². The maximum Gasteiger partial charge on any atom is 0.322 e. The zero-order valence-electron chi connectivity index (χ0n) is 15.5. The number of H-pyrrole nitrogens is 1. The second-order valence-electron chi connectivity index (χ2n) is 6.60. The van der Waals surface area contributed by atoms with Gasteiger partial charge in [-0.2, -0.15) is 5.10 Å². The number of rotatable bonds is 4. The van der Waals surface area contributed by atoms with E-state index in [9.17, 15) is 9.59 Å². The summed E-state index contributed by atoms with van der Waals surface area (Å²) in [5.41, 5.74) is 2.47. The van der Waals surface area contributed by atoms with E-state index in [1.54, 1.807) is 36.2 Å². The predicted octanol–water partition coefficient (Wildman–Crippen LogP) is 3.07. The Balaban J connectivity index is 1.73. The normalized spacial score (nSPS) is 13.4. The van der Waals surface area contributed by atoms with Crippen molar-refractivity contribution in [3.63, 3.8) is 0 Å². The quantitative estimate of drug-likeness (QED) is 0.783. The monoisotopic (exact) mass is 391 g/mol. The van der Waals surface area contributed by atoms with E-state index in [-0.39, 0.29) is 30.3 Å². The molecule has 0 atom stereocenters. The molecule has 1 aliphatic heterocycles. The Morgan fingerprint density at radius 1 is 1.41 bits per heavy atom. The molecule has 2 heterocycles. The molecule has 2 aromatic rings. The molecule has 0 saturated heterocycles. The van der Waals surface area contributed by atoms with Gasteiger partial charge in [0.05, 0.1) is 12.6 Å². The number of amides is 3. The molecule has 1 aromatic carbocycles. The Hall–Kier alpha value is -2.58. The van der Waals surface area contributed by atoms with E-state index >= 15 is 0 Å². The van der Waals surface area contributed by atoms with Crippen molar-refractivity contribution < 1.29 is 14.4 Å². The molecule has 27 heavy (non-hydrogen) atoms. The van der Waals surface area contributed by atoms with Crippen LogP contribution in [0.4, 0.5) is 10.5 Å². The van der Waals surface area contributed by atoms with Crippen LogP contribution in [0, 0.1) is 0 Å². The predicted molar refractivity (Wildman–Crippen MR) is 101 cm³/mol. The van der Waals surface area contributed by atoms with Gasteiger partial charge in [0, 0.05) is 42.0 Å². The van der Waals surface area contributed by atoms with Gasteiger partial charge in [-0.3, -0.25) is 14.7 Å². The van der Waals surface area contributed by atoms with Crippen LogP contribution in [0.2, 0.25) is 5.02 Å². The van der Waals surface area contributed by atoms with Gasteiger partial charge in [0.15, 0.2) is 5.69 Å². The summed E-state index contributed by atoms with van der Waals surface area (Å²) in [6, 6.07) is 6.70. The van der Waals surface area contributed by atoms with E-state index in [1.807, 2.05) is 13.8 Å². The standard InChI is InChI=1S/C18H22ClN5O3/c1-11(2)27-23(3)17(25)16-14-10-24(8-7-15(14)21-22-16)18(26)20-13-6-4-5-12(19)9-13/h4-6,9,11H,7-8,10H2,1-3H3,(H,20,26)(H,21,22). The number of carbonyl (C=O) groups excluding carboxylic acids is 2. The molecule has 0 bridgehead atoms. The minimum absolute atomic E-state index is 0.131. The lowest BCUT2D eigenvalue weighted by Gasteiger charge is -2.27. The Labute approximate surface area is 162 Å². The lowest BCUT2D eigenvalue weighted by atomic mass is 10.1. The van der Waals surface area contributed by atoms with E-state index in [1.165, 1.54) is 5.06 Å². The second kappa shape index (κ2) is 7.98. The Kier molecular flexibility index (Phi) is 5.67. The van der Waals surface area contributed by atoms with Gasteiger partial charge in [-0.1, -0.05) is 17.7 Å². The highest BCUT2D eigenvalue weighted by molar-refractivity contribution is 6.30. The van der Waals surface area contributed by atoms with Gasteiger partial charge in [-0.15, -0.1) is 0 Å². The average molecular weight is 392 g/mol. The molecule has 1 aromatic heterocycles. The van der Waals surface area contributed by atoms with E-state index in [2.05, 4.69) is 15.5 Å². The molecule has 0 spiro atoms. The zero-order valence-corrected chi connectivity index (χ0v) is 16.2. The van der Waals surface area contributed by atoms with Gasteiger partial charge < -0.3 is 10.2 Å². The Morgan fingerprint density at radius 3 is 2.89 bits per heavy atom. The third-order valence-electron chi connectivity index (χ3n) is 4.15. The first-order valence-electron chi connectivity index (χ1n) is 8.67. The van der Waals surface area contributed by atoms with Crippen molar-refractivity contribution in [1.82, 2.24) is 20.2 Å². The zero-order chi connectivity index (χ0) is 19.6. The minimum Gasteiger partial charge on any atom is -0.320 e. The molecule has 0 aliphatic carbocycles. The van der Waals surface area contributed by atoms with E-state index in [0.29, 0.717) is 29.2 Å². The van der Waals surface area contributed by atoms with Gasteiger partial charge >= 0.3 is 6.03 Å². The smallest absolute Gasteiger partial charge is 0.320 e. The lowest BCUT2D eigenvalue weighted by Crippen LogP contribution is -2.39. The molecule has 2 N–H and O–H groups in total. The van der Waals surface area contributed by atoms with Crippen molar-refractivity contribution in [3.05, 3.63) is 46.2 Å². The largest absolute Gasteiger partial charge is 0.322 e. The van der Waals surface area contributed by atoms with Crippen LogP contribution >= 0.6 is 11.6 Å². The van der Waals surface area contributed by atoms with Gasteiger partial charge in [-0.05, 0) is 32.0 Å². The first-order valence-corrected chi connectivity index (χ1v) is 9.05. The number of benzene rings is 1. The SMILES string of the molecule is CC(C)ON(C)C(=O)c1n[nH]c2c1CN(C(=O)Nc1cccc(Cl)c1)CC2. The molecule has 0 saturated carbocycles. The first kappa shape index (κ1) is 19.2. The highest BCUT2D eigenvalue weighted by Gasteiger charge is 2.29. The highest BCUT2D eigenvalue weighted by atomic mass is 35.5. The Bertz CT molecular complexity index is 851. The summed E-state index contributed by atoms with van der Waals surface area (Å²) in [5.74, 6) is -0.349. The number of carbonyl (C=O) groups is 2. The van der Waals surface area contributed by atoms with Gasteiger partial charge in [0.2, 0.25) is 0 Å². The number of anilines is 1. The van der Waals surface area contributed by atoms with Gasteiger partial charge in [-0.25, -0.2) is 9.86 Å². The second-order valence-corrected chi connectivity index (χ2v) is 7.03. The van der Waals surface area contributed by atoms with Gasteiger partial charge in [0.25, 0.3) is 5.91 Å². The highest BCUT2D eigenvalue weighted by Crippen LogP contribution is 2.23. The number of nitrogens with zero attached hydrogens (tertiary/aromatic N) is 3. The third kappa shape index (κ3) is 4.40. The number of aromatic amines is 1. The van der Waals surface area contributed by atoms with Crippen LogP contribution in [-0.2, 0) is 17.8 Å². The van der Waals surface area contributed by atoms with Crippen molar-refractivity contribution >= 4 is 29.2 Å². The number of hydroxylamine groups is 2. The summed E-state index contributed by atoms with van der Waals surface area (Å²) in [4.78, 5) is 32.2. The van der Waals surface area contributed by atoms with E-state index in [0.717, 1.165) is 5.69 Å². The minimum atomic E-state index is -0.349. The van der Waals surface area contributed by atoms with Crippen LogP contribution < -0.4 is 5.32 Å². The number of aromatic nitrogens is 2. The number of hydrogen-bond donors (Lipinski definition) is 2. The average Bonchev–Trinajstić information content (AvgIpc) is 3.03. The fourth-order valence-corrected chi connectivity index (χ4v) is 3.12. The Morgan fingerprint density at radius 2 is 2.19 bits per heavy atom. The molecule has 0 fully saturated rings. The summed E-state index contributed by atoms with van der Waals surface area (Å²) < 4.78 is 0. The van der Waals surface area contributed by atoms with Crippen LogP contribution in [0.1, 0.15) is 35.6 Å². The number of urea groups is 1. The number of nitrogens with one attached hydrogen (secondary N) is 2. The molecule has 8 nitrogen and oxygen atoms in total. The lowest BCUT2D eigenvalue weighted by molar-refractivity contribution is -0.136. The number of fused-ring (bicyclic) bond motifs is 1. The molecular formula is C18H22ClN5O3. The third-order valence-corrected chi connectivity index (χ3v) is 4.39. The maximum atomic E-state index is 12.6. The van der Waals surface area contributed by atoms with E-state index < -0.39 is 0 Å².